The van der Waals surface area contributed by atoms with Crippen LogP contribution >= 0.6 is 0 Å². The van der Waals surface area contributed by atoms with Gasteiger partial charge in [0.25, 0.3) is 0 Å². The van der Waals surface area contributed by atoms with Crippen LogP contribution in [0.1, 0.15) is 51.7 Å². The van der Waals surface area contributed by atoms with Crippen molar-refractivity contribution in [1.82, 2.24) is 10.2 Å². The summed E-state index contributed by atoms with van der Waals surface area (Å²) in [7, 11) is 0. The lowest BCUT2D eigenvalue weighted by atomic mass is 10.1. The number of carbonyl (C=O) groups is 1. The second kappa shape index (κ2) is 6.73. The quantitative estimate of drug-likeness (QED) is 0.925. The van der Waals surface area contributed by atoms with Gasteiger partial charge in [0.2, 0.25) is 0 Å². The molecule has 2 rings (SSSR count). The number of furan rings is 1. The van der Waals surface area contributed by atoms with Crippen LogP contribution in [0.4, 0.5) is 4.79 Å². The van der Waals surface area contributed by atoms with Crippen LogP contribution in [0.3, 0.4) is 0 Å². The molecule has 1 aromatic heterocycles. The average Bonchev–Trinajstić information content (AvgIpc) is 3.02. The number of rotatable bonds is 4. The molecule has 1 aliphatic rings. The lowest BCUT2D eigenvalue weighted by molar-refractivity contribution is 0.0288. The van der Waals surface area contributed by atoms with Gasteiger partial charge in [0.05, 0.1) is 6.04 Å². The molecular weight excluding hydrogens is 280 g/mol. The fourth-order valence-electron chi connectivity index (χ4n) is 2.62. The third-order valence-electron chi connectivity index (χ3n) is 3.84. The van der Waals surface area contributed by atoms with Crippen molar-refractivity contribution in [3.05, 3.63) is 23.7 Å². The highest BCUT2D eigenvalue weighted by Crippen LogP contribution is 2.21. The molecule has 0 aromatic carbocycles. The van der Waals surface area contributed by atoms with E-state index < -0.39 is 5.60 Å². The standard InChI is InChI=1S/C17H28N2O3/c1-12-6-7-15(21-12)13(2)18-10-14-8-9-19(11-14)16(20)22-17(3,4)5/h6-7,13-14,18H,8-11H2,1-5H3. The number of ether oxygens (including phenoxy) is 1. The maximum Gasteiger partial charge on any atom is 0.410 e. The Morgan fingerprint density at radius 3 is 2.82 bits per heavy atom. The van der Waals surface area contributed by atoms with Crippen molar-refractivity contribution in [1.29, 1.82) is 0 Å². The van der Waals surface area contributed by atoms with Gasteiger partial charge >= 0.3 is 6.09 Å². The Morgan fingerprint density at radius 2 is 2.23 bits per heavy atom. The molecule has 0 saturated carbocycles. The van der Waals surface area contributed by atoms with Crippen molar-refractivity contribution < 1.29 is 13.9 Å². The van der Waals surface area contributed by atoms with Crippen LogP contribution in [0.2, 0.25) is 0 Å². The zero-order valence-electron chi connectivity index (χ0n) is 14.3. The Labute approximate surface area is 133 Å². The third-order valence-corrected chi connectivity index (χ3v) is 3.84. The lowest BCUT2D eigenvalue weighted by Crippen LogP contribution is -2.36. The number of hydrogen-bond acceptors (Lipinski definition) is 4. The molecule has 2 unspecified atom stereocenters. The minimum absolute atomic E-state index is 0.185. The number of aryl methyl sites for hydroxylation is 1. The van der Waals surface area contributed by atoms with Crippen LogP contribution in [-0.4, -0.2) is 36.2 Å². The predicted molar refractivity (Wildman–Crippen MR) is 85.8 cm³/mol. The van der Waals surface area contributed by atoms with E-state index in [0.29, 0.717) is 5.92 Å². The van der Waals surface area contributed by atoms with E-state index in [1.807, 2.05) is 39.8 Å². The van der Waals surface area contributed by atoms with E-state index in [4.69, 9.17) is 9.15 Å². The van der Waals surface area contributed by atoms with Crippen LogP contribution < -0.4 is 5.32 Å². The normalized spacial score (nSPS) is 20.2. The van der Waals surface area contributed by atoms with Gasteiger partial charge < -0.3 is 19.4 Å². The number of amides is 1. The Bertz CT molecular complexity index is 504. The van der Waals surface area contributed by atoms with E-state index in [2.05, 4.69) is 12.2 Å². The Morgan fingerprint density at radius 1 is 1.50 bits per heavy atom. The van der Waals surface area contributed by atoms with E-state index >= 15 is 0 Å². The summed E-state index contributed by atoms with van der Waals surface area (Å²) in [6.45, 7) is 12.1. The Kier molecular flexibility index (Phi) is 5.16. The second-order valence-electron chi connectivity index (χ2n) is 7.16. The number of hydrogen-bond donors (Lipinski definition) is 1. The summed E-state index contributed by atoms with van der Waals surface area (Å²) >= 11 is 0. The van der Waals surface area contributed by atoms with E-state index in [1.54, 1.807) is 4.90 Å². The first-order chi connectivity index (χ1) is 10.2. The van der Waals surface area contributed by atoms with Crippen LogP contribution in [0.5, 0.6) is 0 Å². The topological polar surface area (TPSA) is 54.7 Å². The van der Waals surface area contributed by atoms with Crippen molar-refractivity contribution in [2.75, 3.05) is 19.6 Å². The van der Waals surface area contributed by atoms with Gasteiger partial charge in [-0.2, -0.15) is 0 Å². The molecule has 5 heteroatoms. The average molecular weight is 308 g/mol. The lowest BCUT2D eigenvalue weighted by Gasteiger charge is -2.24. The number of nitrogens with one attached hydrogen (secondary N) is 1. The number of carbonyl (C=O) groups excluding carboxylic acids is 1. The van der Waals surface area contributed by atoms with Crippen molar-refractivity contribution in [2.45, 2.75) is 52.7 Å². The second-order valence-corrected chi connectivity index (χ2v) is 7.16. The molecule has 1 fully saturated rings. The molecule has 0 spiro atoms. The van der Waals surface area contributed by atoms with E-state index in [9.17, 15) is 4.79 Å². The van der Waals surface area contributed by atoms with Crippen molar-refractivity contribution >= 4 is 6.09 Å². The molecule has 0 bridgehead atoms. The number of nitrogens with zero attached hydrogens (tertiary/aromatic N) is 1. The molecule has 1 saturated heterocycles. The minimum atomic E-state index is -0.431. The van der Waals surface area contributed by atoms with Crippen molar-refractivity contribution in [3.8, 4) is 0 Å². The first kappa shape index (κ1) is 16.9. The highest BCUT2D eigenvalue weighted by molar-refractivity contribution is 5.68. The zero-order valence-corrected chi connectivity index (χ0v) is 14.3. The SMILES string of the molecule is Cc1ccc(C(C)NCC2CCN(C(=O)OC(C)(C)C)C2)o1. The minimum Gasteiger partial charge on any atom is -0.465 e. The largest absolute Gasteiger partial charge is 0.465 e. The van der Waals surface area contributed by atoms with Gasteiger partial charge in [-0.1, -0.05) is 0 Å². The zero-order chi connectivity index (χ0) is 16.3. The molecule has 1 aliphatic heterocycles. The van der Waals surface area contributed by atoms with Crippen LogP contribution in [-0.2, 0) is 4.74 Å². The van der Waals surface area contributed by atoms with Gasteiger partial charge in [-0.05, 0) is 59.1 Å². The summed E-state index contributed by atoms with van der Waals surface area (Å²) < 4.78 is 11.0. The predicted octanol–water partition coefficient (Wildman–Crippen LogP) is 3.50. The fourth-order valence-corrected chi connectivity index (χ4v) is 2.62. The van der Waals surface area contributed by atoms with Gasteiger partial charge in [-0.3, -0.25) is 0 Å². The monoisotopic (exact) mass is 308 g/mol. The van der Waals surface area contributed by atoms with Crippen LogP contribution in [0, 0.1) is 12.8 Å². The molecule has 5 nitrogen and oxygen atoms in total. The molecule has 1 N–H and O–H groups in total. The molecular formula is C17H28N2O3. The third kappa shape index (κ3) is 4.77. The molecule has 0 radical (unpaired) electrons. The van der Waals surface area contributed by atoms with Gasteiger partial charge in [0, 0.05) is 19.6 Å². The summed E-state index contributed by atoms with van der Waals surface area (Å²) in [6, 6.07) is 4.17. The molecule has 1 aromatic rings. The summed E-state index contributed by atoms with van der Waals surface area (Å²) in [5, 5.41) is 3.49. The first-order valence-electron chi connectivity index (χ1n) is 8.02. The maximum absolute atomic E-state index is 12.0. The van der Waals surface area contributed by atoms with Crippen LogP contribution in [0.25, 0.3) is 0 Å². The van der Waals surface area contributed by atoms with Gasteiger partial charge in [0.1, 0.15) is 17.1 Å². The highest BCUT2D eigenvalue weighted by atomic mass is 16.6. The maximum atomic E-state index is 12.0. The molecule has 2 heterocycles. The van der Waals surface area contributed by atoms with Gasteiger partial charge in [0.15, 0.2) is 0 Å². The first-order valence-corrected chi connectivity index (χ1v) is 8.02. The summed E-state index contributed by atoms with van der Waals surface area (Å²) in [5.41, 5.74) is -0.431. The summed E-state index contributed by atoms with van der Waals surface area (Å²) in [4.78, 5) is 13.8. The molecule has 0 aliphatic carbocycles. The molecule has 22 heavy (non-hydrogen) atoms. The van der Waals surface area contributed by atoms with E-state index in [-0.39, 0.29) is 12.1 Å². The Hall–Kier alpha value is -1.49. The smallest absolute Gasteiger partial charge is 0.410 e. The molecule has 124 valence electrons. The van der Waals surface area contributed by atoms with Gasteiger partial charge in [-0.25, -0.2) is 4.79 Å². The highest BCUT2D eigenvalue weighted by Gasteiger charge is 2.29. The summed E-state index contributed by atoms with van der Waals surface area (Å²) in [5.74, 6) is 2.35. The molecule has 1 amide bonds. The van der Waals surface area contributed by atoms with E-state index in [0.717, 1.165) is 37.6 Å². The fraction of sp³-hybridized carbons (Fsp3) is 0.706. The summed E-state index contributed by atoms with van der Waals surface area (Å²) in [6.07, 6.45) is 0.806. The van der Waals surface area contributed by atoms with E-state index in [1.165, 1.54) is 0 Å². The van der Waals surface area contributed by atoms with Crippen molar-refractivity contribution in [2.24, 2.45) is 5.92 Å². The van der Waals surface area contributed by atoms with Crippen LogP contribution in [0.15, 0.2) is 16.5 Å². The number of likely N-dealkylation sites (tertiary alicyclic amines) is 1. The van der Waals surface area contributed by atoms with Crippen molar-refractivity contribution in [3.63, 3.8) is 0 Å². The van der Waals surface area contributed by atoms with Gasteiger partial charge in [-0.15, -0.1) is 0 Å². The Balaban J connectivity index is 1.75. The molecule has 2 atom stereocenters.